The summed E-state index contributed by atoms with van der Waals surface area (Å²) >= 11 is 0. The molecule has 0 saturated carbocycles. The highest BCUT2D eigenvalue weighted by atomic mass is 16.3. The number of aliphatic hydroxyl groups is 1. The summed E-state index contributed by atoms with van der Waals surface area (Å²) in [4.78, 5) is 0. The largest absolute Gasteiger partial charge is 0.384 e. The lowest BCUT2D eigenvalue weighted by Crippen LogP contribution is -2.50. The summed E-state index contributed by atoms with van der Waals surface area (Å²) in [5.41, 5.74) is 3.91. The molecule has 0 radical (unpaired) electrons. The highest BCUT2D eigenvalue weighted by Gasteiger charge is 2.33. The highest BCUT2D eigenvalue weighted by Crippen LogP contribution is 2.14. The van der Waals surface area contributed by atoms with Gasteiger partial charge in [-0.05, 0) is 19.4 Å². The molecule has 1 aliphatic rings. The molecule has 9 heavy (non-hydrogen) atoms. The van der Waals surface area contributed by atoms with E-state index in [1.54, 1.807) is 0 Å². The molecule has 0 aromatic carbocycles. The molecular weight excluding hydrogens is 118 g/mol. The van der Waals surface area contributed by atoms with Crippen molar-refractivity contribution in [3.63, 3.8) is 0 Å². The number of amidine groups is 1. The lowest BCUT2D eigenvalue weighted by Gasteiger charge is -2.19. The van der Waals surface area contributed by atoms with Gasteiger partial charge >= 0.3 is 0 Å². The number of nitrogens with two attached hydrogens (primary N) is 1. The molecule has 1 fully saturated rings. The molecule has 5 N–H and O–H groups in total. The number of nitrogens with one attached hydrogen (secondary N) is 2. The van der Waals surface area contributed by atoms with E-state index >= 15 is 0 Å². The molecule has 52 valence electrons. The van der Waals surface area contributed by atoms with E-state index in [1.807, 2.05) is 0 Å². The summed E-state index contributed by atoms with van der Waals surface area (Å²) in [7, 11) is 0. The van der Waals surface area contributed by atoms with E-state index in [0.29, 0.717) is 6.42 Å². The predicted molar refractivity (Wildman–Crippen MR) is 34.1 cm³/mol. The van der Waals surface area contributed by atoms with Gasteiger partial charge in [0.05, 0.1) is 0 Å². The molecule has 0 aliphatic carbocycles. The molecule has 0 spiro atoms. The van der Waals surface area contributed by atoms with Crippen LogP contribution < -0.4 is 11.1 Å². The van der Waals surface area contributed by atoms with Gasteiger partial charge in [0.2, 0.25) is 0 Å². The summed E-state index contributed by atoms with van der Waals surface area (Å²) in [6.07, 6.45) is 1.44. The Morgan fingerprint density at radius 3 is 2.67 bits per heavy atom. The van der Waals surface area contributed by atoms with Crippen LogP contribution >= 0.6 is 0 Å². The molecule has 0 bridgehead atoms. The first kappa shape index (κ1) is 6.51. The average Bonchev–Trinajstić information content (AvgIpc) is 2.16. The fourth-order valence-electron chi connectivity index (χ4n) is 0.958. The number of hydrogen-bond donors (Lipinski definition) is 4. The minimum absolute atomic E-state index is 0.181. The van der Waals surface area contributed by atoms with Crippen LogP contribution in [0.5, 0.6) is 0 Å². The van der Waals surface area contributed by atoms with Crippen molar-refractivity contribution in [1.29, 1.82) is 5.41 Å². The molecule has 1 aliphatic heterocycles. The molecule has 0 aromatic rings. The Morgan fingerprint density at radius 1 is 1.78 bits per heavy atom. The van der Waals surface area contributed by atoms with Gasteiger partial charge in [-0.15, -0.1) is 0 Å². The van der Waals surface area contributed by atoms with Crippen molar-refractivity contribution >= 4 is 5.84 Å². The molecule has 1 unspecified atom stereocenters. The third-order valence-corrected chi connectivity index (χ3v) is 1.58. The monoisotopic (exact) mass is 129 g/mol. The minimum Gasteiger partial charge on any atom is -0.384 e. The fraction of sp³-hybridized carbons (Fsp3) is 0.800. The van der Waals surface area contributed by atoms with Crippen molar-refractivity contribution in [2.45, 2.75) is 18.6 Å². The van der Waals surface area contributed by atoms with E-state index < -0.39 is 5.72 Å². The van der Waals surface area contributed by atoms with Gasteiger partial charge in [0, 0.05) is 0 Å². The SMILES string of the molecule is N=C(N)C1(O)CCCN1. The van der Waals surface area contributed by atoms with E-state index in [1.165, 1.54) is 0 Å². The second-order valence-corrected chi connectivity index (χ2v) is 2.30. The molecule has 1 heterocycles. The minimum atomic E-state index is -1.19. The Morgan fingerprint density at radius 2 is 2.44 bits per heavy atom. The Bertz CT molecular complexity index is 128. The van der Waals surface area contributed by atoms with Crippen LogP contribution in [-0.4, -0.2) is 23.2 Å². The van der Waals surface area contributed by atoms with Gasteiger partial charge in [0.25, 0.3) is 0 Å². The number of rotatable bonds is 1. The molecule has 1 saturated heterocycles. The van der Waals surface area contributed by atoms with E-state index in [0.717, 1.165) is 13.0 Å². The summed E-state index contributed by atoms with van der Waals surface area (Å²) < 4.78 is 0. The summed E-state index contributed by atoms with van der Waals surface area (Å²) in [5, 5.41) is 19.0. The predicted octanol–water partition coefficient (Wildman–Crippen LogP) is -1.01. The zero-order chi connectivity index (χ0) is 6.91. The average molecular weight is 129 g/mol. The first-order valence-corrected chi connectivity index (χ1v) is 2.97. The van der Waals surface area contributed by atoms with Gasteiger partial charge in [0.15, 0.2) is 5.72 Å². The van der Waals surface area contributed by atoms with Gasteiger partial charge < -0.3 is 10.8 Å². The Hall–Kier alpha value is -0.610. The van der Waals surface area contributed by atoms with Crippen molar-refractivity contribution in [3.8, 4) is 0 Å². The Balaban J connectivity index is 2.61. The third-order valence-electron chi connectivity index (χ3n) is 1.58. The summed E-state index contributed by atoms with van der Waals surface area (Å²) in [5.74, 6) is -0.181. The van der Waals surface area contributed by atoms with Crippen LogP contribution in [-0.2, 0) is 0 Å². The normalized spacial score (nSPS) is 34.8. The second-order valence-electron chi connectivity index (χ2n) is 2.30. The maximum Gasteiger partial charge on any atom is 0.173 e. The van der Waals surface area contributed by atoms with Gasteiger partial charge in [-0.3, -0.25) is 10.7 Å². The smallest absolute Gasteiger partial charge is 0.173 e. The quantitative estimate of drug-likeness (QED) is 0.270. The molecule has 4 heteroatoms. The first-order valence-electron chi connectivity index (χ1n) is 2.97. The van der Waals surface area contributed by atoms with Crippen molar-refractivity contribution in [1.82, 2.24) is 5.32 Å². The molecule has 1 rings (SSSR count). The third kappa shape index (κ3) is 1.04. The lowest BCUT2D eigenvalue weighted by molar-refractivity contribution is 0.0947. The zero-order valence-electron chi connectivity index (χ0n) is 5.15. The Kier molecular flexibility index (Phi) is 1.42. The van der Waals surface area contributed by atoms with Crippen LogP contribution in [0.2, 0.25) is 0 Å². The second kappa shape index (κ2) is 1.97. The maximum absolute atomic E-state index is 9.31. The molecule has 1 atom stereocenters. The molecule has 0 aromatic heterocycles. The standard InChI is InChI=1S/C5H11N3O/c6-4(7)5(9)2-1-3-8-5/h8-9H,1-3H2,(H3,6,7). The highest BCUT2D eigenvalue weighted by molar-refractivity contribution is 5.85. The Labute approximate surface area is 53.6 Å². The fourth-order valence-corrected chi connectivity index (χ4v) is 0.958. The maximum atomic E-state index is 9.31. The van der Waals surface area contributed by atoms with Crippen molar-refractivity contribution < 1.29 is 5.11 Å². The van der Waals surface area contributed by atoms with E-state index in [9.17, 15) is 5.11 Å². The summed E-state index contributed by atoms with van der Waals surface area (Å²) in [6.45, 7) is 0.746. The zero-order valence-corrected chi connectivity index (χ0v) is 5.15. The van der Waals surface area contributed by atoms with Gasteiger partial charge in [-0.2, -0.15) is 0 Å². The van der Waals surface area contributed by atoms with Crippen molar-refractivity contribution in [2.75, 3.05) is 6.54 Å². The van der Waals surface area contributed by atoms with Gasteiger partial charge in [0.1, 0.15) is 5.84 Å². The van der Waals surface area contributed by atoms with E-state index in [2.05, 4.69) is 5.32 Å². The molecular formula is C5H11N3O. The topological polar surface area (TPSA) is 82.1 Å². The van der Waals surface area contributed by atoms with Crippen molar-refractivity contribution in [2.24, 2.45) is 5.73 Å². The van der Waals surface area contributed by atoms with Crippen LogP contribution in [0, 0.1) is 5.41 Å². The van der Waals surface area contributed by atoms with Gasteiger partial charge in [-0.25, -0.2) is 0 Å². The van der Waals surface area contributed by atoms with E-state index in [-0.39, 0.29) is 5.84 Å². The van der Waals surface area contributed by atoms with Crippen LogP contribution in [0.15, 0.2) is 0 Å². The molecule has 4 nitrogen and oxygen atoms in total. The van der Waals surface area contributed by atoms with Crippen LogP contribution in [0.4, 0.5) is 0 Å². The summed E-state index contributed by atoms with van der Waals surface area (Å²) in [6, 6.07) is 0. The molecule has 0 amide bonds. The van der Waals surface area contributed by atoms with Crippen LogP contribution in [0.1, 0.15) is 12.8 Å². The van der Waals surface area contributed by atoms with E-state index in [4.69, 9.17) is 11.1 Å². The van der Waals surface area contributed by atoms with Crippen LogP contribution in [0.3, 0.4) is 0 Å². The van der Waals surface area contributed by atoms with Gasteiger partial charge in [-0.1, -0.05) is 0 Å². The van der Waals surface area contributed by atoms with Crippen molar-refractivity contribution in [3.05, 3.63) is 0 Å². The first-order chi connectivity index (χ1) is 4.15. The number of hydrogen-bond acceptors (Lipinski definition) is 3. The van der Waals surface area contributed by atoms with Crippen LogP contribution in [0.25, 0.3) is 0 Å². The lowest BCUT2D eigenvalue weighted by atomic mass is 10.1.